The number of rotatable bonds is 8. The number of pyridine rings is 1. The Kier molecular flexibility index (Phi) is 8.18. The molecular weight excluding hydrogens is 622 g/mol. The molecule has 6 rings (SSSR count). The lowest BCUT2D eigenvalue weighted by molar-refractivity contribution is -0.132. The average molecular weight is 652 g/mol. The molecule has 0 saturated carbocycles. The maximum atomic E-state index is 15.5. The van der Waals surface area contributed by atoms with E-state index in [2.05, 4.69) is 15.6 Å². The van der Waals surface area contributed by atoms with Gasteiger partial charge in [0.1, 0.15) is 25.3 Å². The van der Waals surface area contributed by atoms with Gasteiger partial charge in [0.05, 0.1) is 28.2 Å². The third-order valence-corrected chi connectivity index (χ3v) is 9.82. The Morgan fingerprint density at radius 3 is 2.69 bits per heavy atom. The molecular formula is C31H30FN5O6S2. The number of urea groups is 1. The molecule has 2 aliphatic rings. The lowest BCUT2D eigenvalue weighted by Crippen LogP contribution is -2.49. The van der Waals surface area contributed by atoms with E-state index in [0.717, 1.165) is 17.6 Å². The maximum Gasteiger partial charge on any atom is 0.331 e. The van der Waals surface area contributed by atoms with Gasteiger partial charge in [-0.1, -0.05) is 18.2 Å². The van der Waals surface area contributed by atoms with Crippen molar-refractivity contribution < 1.29 is 31.9 Å². The zero-order valence-electron chi connectivity index (χ0n) is 24.5. The number of para-hydroxylation sites is 1. The lowest BCUT2D eigenvalue weighted by Gasteiger charge is -2.33. The number of thiophene rings is 1. The van der Waals surface area contributed by atoms with Gasteiger partial charge in [-0.25, -0.2) is 22.6 Å². The van der Waals surface area contributed by atoms with E-state index in [0.29, 0.717) is 52.4 Å². The van der Waals surface area contributed by atoms with Crippen LogP contribution in [0.1, 0.15) is 34.5 Å². The standard InChI is InChI=1S/C31H30FN5O6S2/c1-18-21(10-11-23(26(18)32)43-20-8-4-3-5-9-20)37-22-12-14-33-30-25(22)27(35-31(37)40)28(44-30)29(39)34-19-7-6-15-36(17-19)24(38)13-16-45(2,41)42/h3-5,8-12,14,19H,6-7,13,15-17H2,1-2H3,(H,34,39)(H,35,40)/t19-/m1/s1. The number of likely N-dealkylation sites (tertiary alicyclic amines) is 1. The Labute approximate surface area is 262 Å². The number of nitrogens with one attached hydrogen (secondary N) is 2. The molecule has 0 spiro atoms. The van der Waals surface area contributed by atoms with Crippen LogP contribution in [0.15, 0.2) is 54.7 Å². The predicted molar refractivity (Wildman–Crippen MR) is 170 cm³/mol. The fraction of sp³-hybridized carbons (Fsp3) is 0.290. The molecule has 14 heteroatoms. The van der Waals surface area contributed by atoms with E-state index in [9.17, 15) is 22.8 Å². The van der Waals surface area contributed by atoms with Gasteiger partial charge < -0.3 is 20.3 Å². The van der Waals surface area contributed by atoms with Crippen LogP contribution in [0.25, 0.3) is 10.2 Å². The van der Waals surface area contributed by atoms with Crippen LogP contribution >= 0.6 is 11.3 Å². The van der Waals surface area contributed by atoms with Crippen molar-refractivity contribution in [1.82, 2.24) is 15.2 Å². The first-order chi connectivity index (χ1) is 21.5. The molecule has 0 aliphatic carbocycles. The second-order valence-electron chi connectivity index (χ2n) is 11.1. The van der Waals surface area contributed by atoms with Crippen LogP contribution in [0.4, 0.5) is 26.2 Å². The molecule has 4 amide bonds. The number of hydrogen-bond donors (Lipinski definition) is 2. The molecule has 1 fully saturated rings. The van der Waals surface area contributed by atoms with E-state index in [1.165, 1.54) is 17.2 Å². The Morgan fingerprint density at radius 2 is 1.93 bits per heavy atom. The summed E-state index contributed by atoms with van der Waals surface area (Å²) in [4.78, 5) is 47.8. The summed E-state index contributed by atoms with van der Waals surface area (Å²) >= 11 is 1.12. The zero-order valence-corrected chi connectivity index (χ0v) is 26.1. The summed E-state index contributed by atoms with van der Waals surface area (Å²) in [6.45, 7) is 2.31. The number of ether oxygens (including phenoxy) is 1. The molecule has 4 heterocycles. The van der Waals surface area contributed by atoms with E-state index in [1.54, 1.807) is 48.2 Å². The van der Waals surface area contributed by atoms with E-state index in [-0.39, 0.29) is 46.9 Å². The van der Waals surface area contributed by atoms with Crippen LogP contribution in [0.3, 0.4) is 0 Å². The average Bonchev–Trinajstić information content (AvgIpc) is 3.39. The molecule has 2 N–H and O–H groups in total. The maximum absolute atomic E-state index is 15.5. The van der Waals surface area contributed by atoms with Crippen molar-refractivity contribution in [1.29, 1.82) is 0 Å². The topological polar surface area (TPSA) is 138 Å². The lowest BCUT2D eigenvalue weighted by atomic mass is 10.0. The summed E-state index contributed by atoms with van der Waals surface area (Å²) in [6.07, 6.45) is 3.80. The molecule has 0 bridgehead atoms. The second-order valence-corrected chi connectivity index (χ2v) is 14.3. The number of carbonyl (C=O) groups is 3. The Morgan fingerprint density at radius 1 is 1.16 bits per heavy atom. The fourth-order valence-electron chi connectivity index (χ4n) is 5.57. The van der Waals surface area contributed by atoms with E-state index in [1.807, 2.05) is 6.07 Å². The number of nitrogens with zero attached hydrogens (tertiary/aromatic N) is 3. The van der Waals surface area contributed by atoms with Crippen molar-refractivity contribution in [3.63, 3.8) is 0 Å². The number of amides is 4. The van der Waals surface area contributed by atoms with Crippen molar-refractivity contribution in [3.8, 4) is 11.5 Å². The van der Waals surface area contributed by atoms with Crippen molar-refractivity contribution in [2.45, 2.75) is 32.2 Å². The molecule has 45 heavy (non-hydrogen) atoms. The predicted octanol–water partition coefficient (Wildman–Crippen LogP) is 5.38. The number of piperidine rings is 1. The normalized spacial score (nSPS) is 16.4. The number of hydrogen-bond acceptors (Lipinski definition) is 8. The van der Waals surface area contributed by atoms with E-state index in [4.69, 9.17) is 4.74 Å². The molecule has 4 aromatic rings. The summed E-state index contributed by atoms with van der Waals surface area (Å²) in [7, 11) is -3.27. The first-order valence-corrected chi connectivity index (χ1v) is 17.2. The SMILES string of the molecule is Cc1c(N2C(=O)Nc3c(C(=O)N[C@@H]4CCCN(C(=O)CCS(C)(=O)=O)C4)sc4nccc2c34)ccc(Oc2ccccc2)c1F. The largest absolute Gasteiger partial charge is 0.454 e. The molecule has 1 atom stereocenters. The summed E-state index contributed by atoms with van der Waals surface area (Å²) in [5.41, 5.74) is 1.28. The molecule has 1 saturated heterocycles. The molecule has 2 aromatic carbocycles. The summed E-state index contributed by atoms with van der Waals surface area (Å²) < 4.78 is 44.2. The minimum atomic E-state index is -3.27. The van der Waals surface area contributed by atoms with E-state index >= 15 is 4.39 Å². The van der Waals surface area contributed by atoms with Crippen LogP contribution < -0.4 is 20.3 Å². The third kappa shape index (κ3) is 6.20. The monoisotopic (exact) mass is 651 g/mol. The van der Waals surface area contributed by atoms with Gasteiger partial charge >= 0.3 is 6.03 Å². The van der Waals surface area contributed by atoms with Gasteiger partial charge in [0.2, 0.25) is 5.91 Å². The summed E-state index contributed by atoms with van der Waals surface area (Å²) in [5, 5.41) is 6.35. The first-order valence-electron chi connectivity index (χ1n) is 14.3. The number of anilines is 3. The van der Waals surface area contributed by atoms with Crippen LogP contribution in [0.2, 0.25) is 0 Å². The molecule has 0 unspecified atom stereocenters. The number of sulfone groups is 1. The highest BCUT2D eigenvalue weighted by molar-refractivity contribution is 7.90. The Hall–Kier alpha value is -4.56. The Balaban J connectivity index is 1.25. The smallest absolute Gasteiger partial charge is 0.331 e. The quantitative estimate of drug-likeness (QED) is 0.261. The van der Waals surface area contributed by atoms with Gasteiger partial charge in [0, 0.05) is 43.6 Å². The third-order valence-electron chi connectivity index (χ3n) is 7.78. The summed E-state index contributed by atoms with van der Waals surface area (Å²) in [5.74, 6) is -1.04. The van der Waals surface area contributed by atoms with Crippen LogP contribution in [-0.2, 0) is 14.6 Å². The van der Waals surface area contributed by atoms with Gasteiger partial charge in [-0.05, 0) is 50.1 Å². The minimum absolute atomic E-state index is 0.0216. The van der Waals surface area contributed by atoms with Crippen LogP contribution in [0, 0.1) is 12.7 Å². The number of carbonyl (C=O) groups excluding carboxylic acids is 3. The highest BCUT2D eigenvalue weighted by Gasteiger charge is 2.35. The van der Waals surface area contributed by atoms with Gasteiger partial charge in [0.15, 0.2) is 11.6 Å². The van der Waals surface area contributed by atoms with Crippen molar-refractivity contribution >= 4 is 66.3 Å². The highest BCUT2D eigenvalue weighted by Crippen LogP contribution is 2.47. The number of aromatic nitrogens is 1. The number of benzene rings is 2. The second kappa shape index (κ2) is 12.1. The molecule has 0 radical (unpaired) electrons. The van der Waals surface area contributed by atoms with E-state index < -0.39 is 27.6 Å². The van der Waals surface area contributed by atoms with Gasteiger partial charge in [-0.2, -0.15) is 0 Å². The minimum Gasteiger partial charge on any atom is -0.454 e. The van der Waals surface area contributed by atoms with Crippen molar-refractivity contribution in [2.24, 2.45) is 0 Å². The van der Waals surface area contributed by atoms with Gasteiger partial charge in [-0.15, -0.1) is 11.3 Å². The molecule has 234 valence electrons. The van der Waals surface area contributed by atoms with Crippen molar-refractivity contribution in [2.75, 3.05) is 35.3 Å². The van der Waals surface area contributed by atoms with Gasteiger partial charge in [-0.3, -0.25) is 14.5 Å². The van der Waals surface area contributed by atoms with Crippen LogP contribution in [0.5, 0.6) is 11.5 Å². The Bertz CT molecular complexity index is 1930. The highest BCUT2D eigenvalue weighted by atomic mass is 32.2. The zero-order chi connectivity index (χ0) is 31.9. The molecule has 2 aromatic heterocycles. The number of halogens is 1. The van der Waals surface area contributed by atoms with Crippen LogP contribution in [-0.4, -0.2) is 67.3 Å². The molecule has 11 nitrogen and oxygen atoms in total. The summed E-state index contributed by atoms with van der Waals surface area (Å²) in [6, 6.07) is 12.6. The molecule has 2 aliphatic heterocycles. The first kappa shape index (κ1) is 30.5. The van der Waals surface area contributed by atoms with Gasteiger partial charge in [0.25, 0.3) is 5.91 Å². The fourth-order valence-corrected chi connectivity index (χ4v) is 7.14. The van der Waals surface area contributed by atoms with Crippen molar-refractivity contribution in [3.05, 3.63) is 71.0 Å².